The van der Waals surface area contributed by atoms with E-state index in [1.165, 1.54) is 36.5 Å². The number of ether oxygens (including phenoxy) is 1. The van der Waals surface area contributed by atoms with Crippen molar-refractivity contribution in [1.29, 1.82) is 0 Å². The Morgan fingerprint density at radius 3 is 2.65 bits per heavy atom. The van der Waals surface area contributed by atoms with Crippen molar-refractivity contribution >= 4 is 40.6 Å². The van der Waals surface area contributed by atoms with Crippen LogP contribution in [0.15, 0.2) is 42.6 Å². The van der Waals surface area contributed by atoms with Crippen molar-refractivity contribution in [2.24, 2.45) is 0 Å². The van der Waals surface area contributed by atoms with E-state index in [1.54, 1.807) is 0 Å². The summed E-state index contributed by atoms with van der Waals surface area (Å²) in [5.74, 6) is -0.282. The predicted molar refractivity (Wildman–Crippen MR) is 143 cm³/mol. The minimum atomic E-state index is -0.514. The van der Waals surface area contributed by atoms with Crippen molar-refractivity contribution in [2.45, 2.75) is 31.7 Å². The Hall–Kier alpha value is -3.27. The number of hydrogen-bond acceptors (Lipinski definition) is 7. The number of nitrogens with one attached hydrogen (secondary N) is 3. The highest BCUT2D eigenvalue weighted by atomic mass is 35.5. The summed E-state index contributed by atoms with van der Waals surface area (Å²) < 4.78 is 19.3. The smallest absolute Gasteiger partial charge is 0.253 e. The highest BCUT2D eigenvalue weighted by Crippen LogP contribution is 2.29. The summed E-state index contributed by atoms with van der Waals surface area (Å²) in [6.45, 7) is 3.82. The quantitative estimate of drug-likeness (QED) is 0.430. The van der Waals surface area contributed by atoms with Crippen LogP contribution in [0.3, 0.4) is 0 Å². The summed E-state index contributed by atoms with van der Waals surface area (Å²) in [5, 5.41) is 9.09. The summed E-state index contributed by atoms with van der Waals surface area (Å²) in [7, 11) is 1.49. The Kier molecular flexibility index (Phi) is 7.83. The van der Waals surface area contributed by atoms with Gasteiger partial charge in [-0.1, -0.05) is 17.7 Å². The van der Waals surface area contributed by atoms with Gasteiger partial charge in [0.15, 0.2) is 5.82 Å². The van der Waals surface area contributed by atoms with Crippen LogP contribution in [-0.2, 0) is 17.6 Å². The fraction of sp³-hybridized carbons (Fsp3) is 0.370. The van der Waals surface area contributed by atoms with Crippen LogP contribution in [0.4, 0.5) is 27.5 Å². The van der Waals surface area contributed by atoms with E-state index >= 15 is 0 Å². The molecular formula is C27H30ClFN6O2. The fourth-order valence-electron chi connectivity index (χ4n) is 4.96. The number of fused-ring (bicyclic) bond motifs is 1. The van der Waals surface area contributed by atoms with E-state index in [2.05, 4.69) is 43.0 Å². The Balaban J connectivity index is 1.31. The van der Waals surface area contributed by atoms with Gasteiger partial charge in [0.2, 0.25) is 5.95 Å². The average Bonchev–Trinajstić information content (AvgIpc) is 3.14. The van der Waals surface area contributed by atoms with Gasteiger partial charge >= 0.3 is 0 Å². The van der Waals surface area contributed by atoms with Gasteiger partial charge in [0, 0.05) is 45.1 Å². The zero-order chi connectivity index (χ0) is 25.8. The number of amides is 1. The maximum absolute atomic E-state index is 13.8. The number of benzene rings is 2. The Bertz CT molecular complexity index is 1280. The van der Waals surface area contributed by atoms with E-state index in [0.717, 1.165) is 63.7 Å². The van der Waals surface area contributed by atoms with Crippen molar-refractivity contribution in [2.75, 3.05) is 44.0 Å². The van der Waals surface area contributed by atoms with E-state index < -0.39 is 11.7 Å². The molecule has 0 bridgehead atoms. The Morgan fingerprint density at radius 1 is 1.08 bits per heavy atom. The number of carbonyl (C=O) groups excluding carboxylic acids is 1. The summed E-state index contributed by atoms with van der Waals surface area (Å²) in [4.78, 5) is 23.6. The molecule has 0 saturated carbocycles. The van der Waals surface area contributed by atoms with E-state index in [1.807, 2.05) is 6.07 Å². The molecule has 0 aliphatic carbocycles. The van der Waals surface area contributed by atoms with E-state index in [0.29, 0.717) is 23.5 Å². The number of aromatic nitrogens is 2. The predicted octanol–water partition coefficient (Wildman–Crippen LogP) is 4.70. The van der Waals surface area contributed by atoms with Crippen LogP contribution < -0.4 is 16.0 Å². The summed E-state index contributed by atoms with van der Waals surface area (Å²) in [5.41, 5.74) is 4.11. The first kappa shape index (κ1) is 25.4. The topological polar surface area (TPSA) is 91.4 Å². The van der Waals surface area contributed by atoms with Gasteiger partial charge in [-0.05, 0) is 67.1 Å². The van der Waals surface area contributed by atoms with Gasteiger partial charge in [0.05, 0.1) is 17.4 Å². The second-order valence-corrected chi connectivity index (χ2v) is 9.68. The average molecular weight is 525 g/mol. The van der Waals surface area contributed by atoms with Crippen LogP contribution in [0.2, 0.25) is 5.02 Å². The lowest BCUT2D eigenvalue weighted by Crippen LogP contribution is -2.40. The molecule has 0 spiro atoms. The molecule has 5 rings (SSSR count). The first-order valence-electron chi connectivity index (χ1n) is 12.5. The zero-order valence-corrected chi connectivity index (χ0v) is 21.4. The third kappa shape index (κ3) is 6.01. The summed E-state index contributed by atoms with van der Waals surface area (Å²) >= 11 is 6.33. The van der Waals surface area contributed by atoms with Crippen molar-refractivity contribution in [3.8, 4) is 0 Å². The van der Waals surface area contributed by atoms with Gasteiger partial charge in [0.25, 0.3) is 5.91 Å². The highest BCUT2D eigenvalue weighted by Gasteiger charge is 2.24. The van der Waals surface area contributed by atoms with Crippen LogP contribution in [0.1, 0.15) is 34.3 Å². The highest BCUT2D eigenvalue weighted by molar-refractivity contribution is 6.33. The molecule has 0 atom stereocenters. The molecule has 3 heterocycles. The van der Waals surface area contributed by atoms with Gasteiger partial charge in [-0.15, -0.1) is 0 Å². The molecule has 1 saturated heterocycles. The van der Waals surface area contributed by atoms with Crippen molar-refractivity contribution in [3.63, 3.8) is 0 Å². The van der Waals surface area contributed by atoms with Gasteiger partial charge in [-0.2, -0.15) is 4.98 Å². The van der Waals surface area contributed by atoms with Gasteiger partial charge in [-0.3, -0.25) is 9.69 Å². The summed E-state index contributed by atoms with van der Waals surface area (Å²) in [6.07, 6.45) is 5.72. The first-order valence-corrected chi connectivity index (χ1v) is 12.9. The van der Waals surface area contributed by atoms with E-state index in [9.17, 15) is 9.18 Å². The molecule has 0 radical (unpaired) electrons. The van der Waals surface area contributed by atoms with Gasteiger partial charge < -0.3 is 20.7 Å². The third-order valence-corrected chi connectivity index (χ3v) is 7.23. The van der Waals surface area contributed by atoms with Crippen LogP contribution in [-0.4, -0.2) is 60.2 Å². The molecule has 2 aliphatic heterocycles. The number of halogens is 2. The van der Waals surface area contributed by atoms with Crippen molar-refractivity contribution in [1.82, 2.24) is 20.2 Å². The van der Waals surface area contributed by atoms with Crippen LogP contribution >= 0.6 is 11.6 Å². The molecule has 37 heavy (non-hydrogen) atoms. The number of anilines is 4. The van der Waals surface area contributed by atoms with Crippen molar-refractivity contribution in [3.05, 3.63) is 70.1 Å². The van der Waals surface area contributed by atoms with Crippen molar-refractivity contribution < 1.29 is 13.9 Å². The molecule has 3 N–H and O–H groups in total. The lowest BCUT2D eigenvalue weighted by atomic mass is 10.0. The molecule has 194 valence electrons. The third-order valence-electron chi connectivity index (χ3n) is 6.96. The fourth-order valence-corrected chi connectivity index (χ4v) is 5.09. The molecule has 10 heteroatoms. The lowest BCUT2D eigenvalue weighted by molar-refractivity contribution is 0.0355. The molecule has 3 aromatic rings. The molecule has 1 aromatic heterocycles. The molecule has 2 aliphatic rings. The normalized spacial score (nSPS) is 16.5. The maximum atomic E-state index is 13.8. The van der Waals surface area contributed by atoms with Crippen LogP contribution in [0.5, 0.6) is 0 Å². The standard InChI is InChI=1S/C27H30ClFN6O2/c1-30-26(36)22-15-19(29)3-5-24(22)33-25-23(28)16-31-27(34-25)32-20-4-2-17-6-10-35(11-7-18(17)14-20)21-8-12-37-13-9-21/h2-5,14-16,21H,6-13H2,1H3,(H,30,36)(H2,31,32,33,34). The second-order valence-electron chi connectivity index (χ2n) is 9.27. The zero-order valence-electron chi connectivity index (χ0n) is 20.7. The SMILES string of the molecule is CNC(=O)c1cc(F)ccc1Nc1nc(Nc2ccc3c(c2)CCN(C2CCOCC2)CC3)ncc1Cl. The number of carbonyl (C=O) groups is 1. The molecular weight excluding hydrogens is 495 g/mol. The Labute approximate surface area is 220 Å². The van der Waals surface area contributed by atoms with Crippen LogP contribution in [0.25, 0.3) is 0 Å². The monoisotopic (exact) mass is 524 g/mol. The maximum Gasteiger partial charge on any atom is 0.253 e. The van der Waals surface area contributed by atoms with Crippen LogP contribution in [0, 0.1) is 5.82 Å². The summed E-state index contributed by atoms with van der Waals surface area (Å²) in [6, 6.07) is 10.9. The van der Waals surface area contributed by atoms with E-state index in [-0.39, 0.29) is 10.6 Å². The number of nitrogens with zero attached hydrogens (tertiary/aromatic N) is 3. The lowest BCUT2D eigenvalue weighted by Gasteiger charge is -2.33. The van der Waals surface area contributed by atoms with Gasteiger partial charge in [0.1, 0.15) is 10.8 Å². The first-order chi connectivity index (χ1) is 18.0. The minimum absolute atomic E-state index is 0.146. The molecule has 8 nitrogen and oxygen atoms in total. The number of rotatable bonds is 6. The Morgan fingerprint density at radius 2 is 1.86 bits per heavy atom. The molecule has 1 fully saturated rings. The molecule has 2 aromatic carbocycles. The van der Waals surface area contributed by atoms with E-state index in [4.69, 9.17) is 16.3 Å². The largest absolute Gasteiger partial charge is 0.381 e. The van der Waals surface area contributed by atoms with Gasteiger partial charge in [-0.25, -0.2) is 9.37 Å². The molecule has 1 amide bonds. The minimum Gasteiger partial charge on any atom is -0.381 e. The molecule has 0 unspecified atom stereocenters. The number of hydrogen-bond donors (Lipinski definition) is 3. The second kappa shape index (κ2) is 11.4.